The number of rotatable bonds is 0. The van der Waals surface area contributed by atoms with Crippen LogP contribution in [0.4, 0.5) is 8.78 Å². The van der Waals surface area contributed by atoms with E-state index in [1.807, 2.05) is 0 Å². The molecule has 0 amide bonds. The van der Waals surface area contributed by atoms with Crippen molar-refractivity contribution in [3.63, 3.8) is 0 Å². The summed E-state index contributed by atoms with van der Waals surface area (Å²) in [7, 11) is 0. The first-order chi connectivity index (χ1) is 7.58. The van der Waals surface area contributed by atoms with Crippen molar-refractivity contribution in [2.24, 2.45) is 0 Å². The standard InChI is InChI=1S/2C7H6F.2ClH.Sn/c2*1-6-2-4-7(8)5-3-6;;;/h2*2-5H,1H2;2*1H;/q;;;;+2/p-2. The maximum absolute atomic E-state index is 12.1. The first-order valence-electron chi connectivity index (χ1n) is 4.73. The Morgan fingerprint density at radius 2 is 0.789 bits per heavy atom. The fourth-order valence-electron chi connectivity index (χ4n) is 0.969. The van der Waals surface area contributed by atoms with E-state index in [4.69, 9.17) is 0 Å². The minimum atomic E-state index is -0.211. The maximum Gasteiger partial charge on any atom is 2.00 e. The van der Waals surface area contributed by atoms with Crippen LogP contribution in [0.25, 0.3) is 0 Å². The Morgan fingerprint density at radius 1 is 0.579 bits per heavy atom. The fraction of sp³-hybridized carbons (Fsp3) is 0. The smallest absolute Gasteiger partial charge is 1.00 e. The van der Waals surface area contributed by atoms with Crippen LogP contribution in [0.15, 0.2) is 72.9 Å². The molecule has 0 spiro atoms. The maximum atomic E-state index is 12.1. The van der Waals surface area contributed by atoms with Crippen molar-refractivity contribution in [1.29, 1.82) is 0 Å². The third-order valence-electron chi connectivity index (χ3n) is 1.83. The van der Waals surface area contributed by atoms with Gasteiger partial charge >= 0.3 is 23.9 Å². The molecule has 2 aliphatic carbocycles. The Balaban J connectivity index is -0.000000233. The number of hydrogen-bond donors (Lipinski definition) is 0. The summed E-state index contributed by atoms with van der Waals surface area (Å²) in [5, 5.41) is 0. The van der Waals surface area contributed by atoms with E-state index in [9.17, 15) is 8.78 Å². The summed E-state index contributed by atoms with van der Waals surface area (Å²) in [5.74, 6) is 0. The van der Waals surface area contributed by atoms with Crippen LogP contribution in [0.3, 0.4) is 0 Å². The van der Waals surface area contributed by atoms with E-state index in [1.54, 1.807) is 24.3 Å². The van der Waals surface area contributed by atoms with Crippen LogP contribution in [0, 0.1) is 12.3 Å². The number of hydrogen-bond acceptors (Lipinski definition) is 0. The van der Waals surface area contributed by atoms with Crippen LogP contribution in [0.5, 0.6) is 0 Å². The summed E-state index contributed by atoms with van der Waals surface area (Å²) < 4.78 is 24.1. The second kappa shape index (κ2) is 12.7. The molecule has 0 fully saturated rings. The van der Waals surface area contributed by atoms with E-state index in [0.717, 1.165) is 11.1 Å². The first-order valence-corrected chi connectivity index (χ1v) is 4.73. The molecule has 0 heterocycles. The van der Waals surface area contributed by atoms with Crippen LogP contribution >= 0.6 is 0 Å². The summed E-state index contributed by atoms with van der Waals surface area (Å²) in [6.07, 6.45) is 11.7. The van der Waals surface area contributed by atoms with Gasteiger partial charge in [0.2, 0.25) is 0 Å². The van der Waals surface area contributed by atoms with Gasteiger partial charge in [-0.1, -0.05) is 37.5 Å². The minimum absolute atomic E-state index is 0. The van der Waals surface area contributed by atoms with Gasteiger partial charge in [-0.2, -0.15) is 0 Å². The Bertz CT molecular complexity index is 328. The van der Waals surface area contributed by atoms with Gasteiger partial charge in [0.05, 0.1) is 0 Å². The Hall–Kier alpha value is -0.321. The summed E-state index contributed by atoms with van der Waals surface area (Å²) in [6, 6.07) is 0. The molecule has 0 atom stereocenters. The van der Waals surface area contributed by atoms with Crippen molar-refractivity contribution < 1.29 is 33.6 Å². The Kier molecular flexibility index (Phi) is 15.9. The van der Waals surface area contributed by atoms with Crippen LogP contribution in [-0.2, 0) is 0 Å². The molecule has 0 aromatic heterocycles. The third kappa shape index (κ3) is 11.2. The third-order valence-corrected chi connectivity index (χ3v) is 1.83. The normalized spacial score (nSPS) is 16.7. The summed E-state index contributed by atoms with van der Waals surface area (Å²) in [6.45, 7) is 7.19. The molecule has 0 N–H and O–H groups in total. The molecule has 0 unspecified atom stereocenters. The van der Waals surface area contributed by atoms with Crippen molar-refractivity contribution in [2.75, 3.05) is 0 Å². The Morgan fingerprint density at radius 3 is 0.947 bits per heavy atom. The zero-order valence-corrected chi connectivity index (χ0v) is 14.4. The SMILES string of the molecule is C=C1C=C[C](F)C=C1.C=C1C=C[C](F)C=C1.[Cl-].[Cl-].[Sn+2]. The predicted molar refractivity (Wildman–Crippen MR) is 69.3 cm³/mol. The molecule has 0 bridgehead atoms. The van der Waals surface area contributed by atoms with Crippen molar-refractivity contribution in [3.05, 3.63) is 85.3 Å². The summed E-state index contributed by atoms with van der Waals surface area (Å²) in [5.41, 5.74) is 1.68. The molecular weight excluding hydrogens is 396 g/mol. The van der Waals surface area contributed by atoms with E-state index in [1.165, 1.54) is 24.3 Å². The monoisotopic (exact) mass is 408 g/mol. The van der Waals surface area contributed by atoms with Gasteiger partial charge in [-0.05, 0) is 35.5 Å². The molecule has 100 valence electrons. The van der Waals surface area contributed by atoms with Gasteiger partial charge in [-0.15, -0.1) is 0 Å². The zero-order valence-electron chi connectivity index (χ0n) is 10.0. The topological polar surface area (TPSA) is 0 Å². The predicted octanol–water partition coefficient (Wildman–Crippen LogP) is -2.03. The molecule has 0 nitrogen and oxygen atoms in total. The first kappa shape index (κ1) is 23.7. The van der Waals surface area contributed by atoms with Gasteiger partial charge in [-0.3, -0.25) is 0 Å². The number of halogens is 4. The van der Waals surface area contributed by atoms with Crippen molar-refractivity contribution >= 4 is 23.9 Å². The molecule has 0 aromatic carbocycles. The minimum Gasteiger partial charge on any atom is -1.00 e. The van der Waals surface area contributed by atoms with Crippen molar-refractivity contribution in [1.82, 2.24) is 0 Å². The zero-order chi connectivity index (χ0) is 12.0. The average Bonchev–Trinajstić information content (AvgIpc) is 2.28. The van der Waals surface area contributed by atoms with Gasteiger partial charge in [0, 0.05) is 0 Å². The quantitative estimate of drug-likeness (QED) is 0.406. The van der Waals surface area contributed by atoms with Gasteiger partial charge in [0.1, 0.15) is 0 Å². The van der Waals surface area contributed by atoms with Crippen LogP contribution in [0.2, 0.25) is 0 Å². The molecule has 19 heavy (non-hydrogen) atoms. The Labute approximate surface area is 142 Å². The second-order valence-electron chi connectivity index (χ2n) is 3.25. The van der Waals surface area contributed by atoms with Gasteiger partial charge < -0.3 is 24.8 Å². The van der Waals surface area contributed by atoms with E-state index >= 15 is 0 Å². The summed E-state index contributed by atoms with van der Waals surface area (Å²) in [4.78, 5) is 0. The molecular formula is C14H12Cl2F2Sn. The molecule has 5 heteroatoms. The molecule has 0 saturated carbocycles. The molecule has 0 aliphatic heterocycles. The van der Waals surface area contributed by atoms with E-state index in [0.29, 0.717) is 0 Å². The molecule has 2 rings (SSSR count). The molecule has 4 radical (unpaired) electrons. The summed E-state index contributed by atoms with van der Waals surface area (Å²) >= 11 is 0. The van der Waals surface area contributed by atoms with Crippen molar-refractivity contribution in [3.8, 4) is 0 Å². The van der Waals surface area contributed by atoms with Crippen molar-refractivity contribution in [2.45, 2.75) is 0 Å². The molecule has 0 aromatic rings. The van der Waals surface area contributed by atoms with E-state index in [2.05, 4.69) is 13.2 Å². The van der Waals surface area contributed by atoms with E-state index < -0.39 is 0 Å². The van der Waals surface area contributed by atoms with Gasteiger partial charge in [0.25, 0.3) is 0 Å². The fourth-order valence-corrected chi connectivity index (χ4v) is 0.969. The van der Waals surface area contributed by atoms with E-state index in [-0.39, 0.29) is 61.1 Å². The number of allylic oxidation sites excluding steroid dienone is 10. The van der Waals surface area contributed by atoms with Crippen LogP contribution in [-0.4, -0.2) is 23.9 Å². The average molecular weight is 408 g/mol. The van der Waals surface area contributed by atoms with Crippen LogP contribution in [0.1, 0.15) is 0 Å². The molecule has 2 aliphatic rings. The molecule has 0 saturated heterocycles. The van der Waals surface area contributed by atoms with Crippen LogP contribution < -0.4 is 24.8 Å². The van der Waals surface area contributed by atoms with Gasteiger partial charge in [0.15, 0.2) is 12.3 Å². The second-order valence-corrected chi connectivity index (χ2v) is 3.25. The largest absolute Gasteiger partial charge is 2.00 e. The van der Waals surface area contributed by atoms with Gasteiger partial charge in [-0.25, -0.2) is 8.78 Å².